The van der Waals surface area contributed by atoms with Gasteiger partial charge in [-0.1, -0.05) is 23.7 Å². The molecule has 0 saturated carbocycles. The van der Waals surface area contributed by atoms with Crippen LogP contribution >= 0.6 is 11.6 Å². The molecule has 3 aromatic rings. The van der Waals surface area contributed by atoms with Gasteiger partial charge in [0.05, 0.1) is 18.4 Å². The van der Waals surface area contributed by atoms with Gasteiger partial charge in [-0.15, -0.1) is 0 Å². The summed E-state index contributed by atoms with van der Waals surface area (Å²) in [7, 11) is 1.28. The molecule has 1 saturated heterocycles. The van der Waals surface area contributed by atoms with Gasteiger partial charge in [-0.25, -0.2) is 9.80 Å². The Balaban J connectivity index is 1.57. The lowest BCUT2D eigenvalue weighted by molar-refractivity contribution is -0.117. The number of hydrogen-bond acceptors (Lipinski definition) is 5. The van der Waals surface area contributed by atoms with E-state index in [9.17, 15) is 14.4 Å². The molecule has 8 heteroatoms. The normalized spacial score (nSPS) is 14.8. The number of anilines is 1. The maximum Gasteiger partial charge on any atom is 0.337 e. The molecule has 2 heterocycles. The minimum atomic E-state index is -0.557. The topological polar surface area (TPSA) is 88.8 Å². The molecular weight excluding hydrogens is 420 g/mol. The SMILES string of the molecule is COC(=O)c1ccc(N2NC(=O)/C(=C\c3ccc(-c4ccc(C)c(Cl)c4)o3)C2=O)cc1. The molecule has 156 valence electrons. The average molecular weight is 437 g/mol. The smallest absolute Gasteiger partial charge is 0.337 e. The van der Waals surface area contributed by atoms with Crippen LogP contribution in [0.25, 0.3) is 17.4 Å². The Bertz CT molecular complexity index is 1230. The summed E-state index contributed by atoms with van der Waals surface area (Å²) in [6.07, 6.45) is 1.39. The Kier molecular flexibility index (Phi) is 5.35. The number of methoxy groups -OCH3 is 1. The van der Waals surface area contributed by atoms with Crippen LogP contribution in [0.2, 0.25) is 5.02 Å². The highest BCUT2D eigenvalue weighted by Gasteiger charge is 2.34. The minimum Gasteiger partial charge on any atom is -0.465 e. The highest BCUT2D eigenvalue weighted by atomic mass is 35.5. The molecule has 1 aliphatic heterocycles. The van der Waals surface area contributed by atoms with Crippen LogP contribution in [0.1, 0.15) is 21.7 Å². The zero-order chi connectivity index (χ0) is 22.1. The molecule has 0 atom stereocenters. The first-order valence-electron chi connectivity index (χ1n) is 9.29. The van der Waals surface area contributed by atoms with Gasteiger partial charge in [0.1, 0.15) is 17.1 Å². The largest absolute Gasteiger partial charge is 0.465 e. The number of esters is 1. The van der Waals surface area contributed by atoms with Crippen LogP contribution < -0.4 is 10.4 Å². The fourth-order valence-corrected chi connectivity index (χ4v) is 3.26. The second-order valence-corrected chi connectivity index (χ2v) is 7.25. The molecule has 4 rings (SSSR count). The Hall–Kier alpha value is -3.84. The number of hydrogen-bond donors (Lipinski definition) is 1. The predicted octanol–water partition coefficient (Wildman–Crippen LogP) is 4.16. The highest BCUT2D eigenvalue weighted by Crippen LogP contribution is 2.28. The number of furan rings is 1. The van der Waals surface area contributed by atoms with Gasteiger partial charge >= 0.3 is 5.97 Å². The fourth-order valence-electron chi connectivity index (χ4n) is 3.08. The van der Waals surface area contributed by atoms with E-state index in [1.165, 1.54) is 25.3 Å². The summed E-state index contributed by atoms with van der Waals surface area (Å²) in [5, 5.41) is 1.73. The molecule has 0 bridgehead atoms. The van der Waals surface area contributed by atoms with Crippen molar-refractivity contribution >= 4 is 41.1 Å². The zero-order valence-corrected chi connectivity index (χ0v) is 17.4. The summed E-state index contributed by atoms with van der Waals surface area (Å²) in [4.78, 5) is 36.7. The van der Waals surface area contributed by atoms with E-state index in [1.807, 2.05) is 19.1 Å². The summed E-state index contributed by atoms with van der Waals surface area (Å²) in [6, 6.07) is 15.1. The van der Waals surface area contributed by atoms with E-state index in [2.05, 4.69) is 10.2 Å². The number of nitrogens with zero attached hydrogens (tertiary/aromatic N) is 1. The van der Waals surface area contributed by atoms with E-state index in [0.717, 1.165) is 16.1 Å². The van der Waals surface area contributed by atoms with Gasteiger partial charge in [0.25, 0.3) is 11.8 Å². The van der Waals surface area contributed by atoms with E-state index in [-0.39, 0.29) is 5.57 Å². The molecular formula is C23H17ClN2O5. The maximum absolute atomic E-state index is 12.8. The monoisotopic (exact) mass is 436 g/mol. The number of amides is 2. The molecule has 2 amide bonds. The van der Waals surface area contributed by atoms with Gasteiger partial charge in [0.15, 0.2) is 0 Å². The number of rotatable bonds is 4. The first kappa shape index (κ1) is 20.4. The Morgan fingerprint density at radius 2 is 1.84 bits per heavy atom. The van der Waals surface area contributed by atoms with Gasteiger partial charge < -0.3 is 9.15 Å². The standard InChI is InChI=1S/C23H17ClN2O5/c1-13-3-4-15(11-19(13)24)20-10-9-17(31-20)12-18-21(27)25-26(22(18)28)16-7-5-14(6-8-16)23(29)30-2/h3-12H,1-2H3,(H,25,27)/b18-12+. The average Bonchev–Trinajstić information content (AvgIpc) is 3.35. The Morgan fingerprint density at radius 3 is 2.52 bits per heavy atom. The Morgan fingerprint density at radius 1 is 1.10 bits per heavy atom. The molecule has 7 nitrogen and oxygen atoms in total. The third-order valence-electron chi connectivity index (χ3n) is 4.81. The van der Waals surface area contributed by atoms with E-state index in [0.29, 0.717) is 27.8 Å². The maximum atomic E-state index is 12.8. The van der Waals surface area contributed by atoms with Crippen molar-refractivity contribution in [2.24, 2.45) is 0 Å². The van der Waals surface area contributed by atoms with Gasteiger partial charge in [-0.05, 0) is 61.0 Å². The van der Waals surface area contributed by atoms with Crippen molar-refractivity contribution in [1.82, 2.24) is 5.43 Å². The third-order valence-corrected chi connectivity index (χ3v) is 5.22. The molecule has 0 unspecified atom stereocenters. The van der Waals surface area contributed by atoms with Gasteiger partial charge in [0.2, 0.25) is 0 Å². The summed E-state index contributed by atoms with van der Waals surface area (Å²) in [5.41, 5.74) is 4.91. The summed E-state index contributed by atoms with van der Waals surface area (Å²) in [6.45, 7) is 1.91. The molecule has 0 spiro atoms. The predicted molar refractivity (Wildman–Crippen MR) is 115 cm³/mol. The fraction of sp³-hybridized carbons (Fsp3) is 0.0870. The third kappa shape index (κ3) is 3.95. The van der Waals surface area contributed by atoms with Gasteiger partial charge in [-0.2, -0.15) is 0 Å². The minimum absolute atomic E-state index is 0.0696. The van der Waals surface area contributed by atoms with E-state index < -0.39 is 17.8 Å². The molecule has 1 N–H and O–H groups in total. The van der Waals surface area contributed by atoms with Crippen LogP contribution in [0.3, 0.4) is 0 Å². The lowest BCUT2D eigenvalue weighted by Crippen LogP contribution is -2.35. The van der Waals surface area contributed by atoms with Crippen molar-refractivity contribution in [2.75, 3.05) is 12.1 Å². The van der Waals surface area contributed by atoms with Crippen LogP contribution in [0.4, 0.5) is 5.69 Å². The number of benzene rings is 2. The molecule has 31 heavy (non-hydrogen) atoms. The molecule has 0 aliphatic carbocycles. The van der Waals surface area contributed by atoms with E-state index in [1.54, 1.807) is 30.3 Å². The van der Waals surface area contributed by atoms with Crippen molar-refractivity contribution in [3.63, 3.8) is 0 Å². The van der Waals surface area contributed by atoms with Crippen molar-refractivity contribution in [1.29, 1.82) is 0 Å². The molecule has 2 aromatic carbocycles. The van der Waals surface area contributed by atoms with Crippen LogP contribution in [0, 0.1) is 6.92 Å². The quantitative estimate of drug-likeness (QED) is 0.377. The van der Waals surface area contributed by atoms with Crippen molar-refractivity contribution < 1.29 is 23.5 Å². The van der Waals surface area contributed by atoms with Crippen molar-refractivity contribution in [2.45, 2.75) is 6.92 Å². The second kappa shape index (κ2) is 8.12. The van der Waals surface area contributed by atoms with Crippen molar-refractivity contribution in [3.8, 4) is 11.3 Å². The molecule has 0 radical (unpaired) electrons. The summed E-state index contributed by atoms with van der Waals surface area (Å²) < 4.78 is 10.4. The molecule has 1 fully saturated rings. The Labute approximate surface area is 182 Å². The summed E-state index contributed by atoms with van der Waals surface area (Å²) in [5.74, 6) is -0.666. The van der Waals surface area contributed by atoms with Gasteiger partial charge in [0, 0.05) is 10.6 Å². The van der Waals surface area contributed by atoms with Crippen LogP contribution in [0.15, 0.2) is 64.6 Å². The molecule has 1 aromatic heterocycles. The number of nitrogens with one attached hydrogen (secondary N) is 1. The summed E-state index contributed by atoms with van der Waals surface area (Å²) >= 11 is 6.17. The van der Waals surface area contributed by atoms with Crippen LogP contribution in [0.5, 0.6) is 0 Å². The number of aryl methyl sites for hydroxylation is 1. The van der Waals surface area contributed by atoms with Crippen molar-refractivity contribution in [3.05, 3.63) is 82.1 Å². The first-order chi connectivity index (χ1) is 14.9. The lowest BCUT2D eigenvalue weighted by atomic mass is 10.1. The second-order valence-electron chi connectivity index (χ2n) is 6.84. The van der Waals surface area contributed by atoms with E-state index >= 15 is 0 Å². The van der Waals surface area contributed by atoms with Gasteiger partial charge in [-0.3, -0.25) is 15.0 Å². The number of carbonyl (C=O) groups excluding carboxylic acids is 3. The van der Waals surface area contributed by atoms with E-state index in [4.69, 9.17) is 16.0 Å². The number of halogens is 1. The first-order valence-corrected chi connectivity index (χ1v) is 9.67. The molecule has 1 aliphatic rings. The van der Waals surface area contributed by atoms with Crippen LogP contribution in [-0.4, -0.2) is 24.9 Å². The number of hydrazine groups is 1. The highest BCUT2D eigenvalue weighted by molar-refractivity contribution is 6.32. The van der Waals surface area contributed by atoms with Crippen LogP contribution in [-0.2, 0) is 14.3 Å². The number of ether oxygens (including phenoxy) is 1. The number of carbonyl (C=O) groups is 3. The zero-order valence-electron chi connectivity index (χ0n) is 16.6. The lowest BCUT2D eigenvalue weighted by Gasteiger charge is -2.14.